The van der Waals surface area contributed by atoms with Gasteiger partial charge in [-0.15, -0.1) is 12.6 Å². The monoisotopic (exact) mass is 212 g/mol. The van der Waals surface area contributed by atoms with Gasteiger partial charge in [0.1, 0.15) is 11.5 Å². The number of aliphatic hydroxyl groups is 1. The van der Waals surface area contributed by atoms with Gasteiger partial charge < -0.3 is 10.2 Å². The van der Waals surface area contributed by atoms with E-state index in [1.54, 1.807) is 12.1 Å². The van der Waals surface area contributed by atoms with Crippen molar-refractivity contribution >= 4 is 34.8 Å². The molecule has 0 amide bonds. The molecule has 0 fully saturated rings. The second-order valence-corrected chi connectivity index (χ2v) is 3.64. The Morgan fingerprint density at radius 2 is 1.85 bits per heavy atom. The van der Waals surface area contributed by atoms with Gasteiger partial charge in [0.2, 0.25) is 0 Å². The predicted molar refractivity (Wildman–Crippen MR) is 60.3 cm³/mol. The van der Waals surface area contributed by atoms with Crippen LogP contribution in [0.5, 0.6) is 5.75 Å². The van der Waals surface area contributed by atoms with Crippen molar-refractivity contribution in [3.8, 4) is 5.75 Å². The van der Waals surface area contributed by atoms with Gasteiger partial charge in [0.15, 0.2) is 0 Å². The topological polar surface area (TPSA) is 40.5 Å². The lowest BCUT2D eigenvalue weighted by Gasteiger charge is -1.99. The fourth-order valence-corrected chi connectivity index (χ4v) is 1.07. The number of phenolic OH excluding ortho intramolecular Hbond substituents is 1. The summed E-state index contributed by atoms with van der Waals surface area (Å²) in [6, 6.07) is 6.16. The minimum absolute atomic E-state index is 0.0417. The van der Waals surface area contributed by atoms with Crippen LogP contribution in [0.4, 0.5) is 0 Å². The zero-order chi connectivity index (χ0) is 9.84. The van der Waals surface area contributed by atoms with Crippen molar-refractivity contribution in [1.82, 2.24) is 0 Å². The van der Waals surface area contributed by atoms with Gasteiger partial charge in [0, 0.05) is 11.6 Å². The third-order valence-corrected chi connectivity index (χ3v) is 1.67. The molecule has 0 heterocycles. The first kappa shape index (κ1) is 10.1. The molecule has 0 aliphatic rings. The third-order valence-electron chi connectivity index (χ3n) is 1.42. The van der Waals surface area contributed by atoms with E-state index in [4.69, 9.17) is 5.11 Å². The van der Waals surface area contributed by atoms with Crippen LogP contribution in [0.2, 0.25) is 0 Å². The minimum Gasteiger partial charge on any atom is -0.508 e. The summed E-state index contributed by atoms with van der Waals surface area (Å²) in [4.78, 5) is 0. The molecule has 0 aliphatic heterocycles. The zero-order valence-corrected chi connectivity index (χ0v) is 8.35. The molecule has 0 spiro atoms. The summed E-state index contributed by atoms with van der Waals surface area (Å²) in [5, 5.41) is 18.4. The number of thiol groups is 1. The molecule has 1 rings (SSSR count). The fraction of sp³-hybridized carbons (Fsp3) is 0. The standard InChI is InChI=1S/C9H8O2S2/c10-7-3-1-6(2-4-7)8(11)5-9(12)13/h1-5,10-11H,(H,12,13)/b8-5-. The lowest BCUT2D eigenvalue weighted by atomic mass is 10.2. The maximum Gasteiger partial charge on any atom is 0.124 e. The van der Waals surface area contributed by atoms with Gasteiger partial charge in [0.05, 0.1) is 4.20 Å². The molecule has 1 aromatic rings. The quantitative estimate of drug-likeness (QED) is 0.305. The largest absolute Gasteiger partial charge is 0.508 e. The Kier molecular flexibility index (Phi) is 3.33. The van der Waals surface area contributed by atoms with Gasteiger partial charge >= 0.3 is 0 Å². The van der Waals surface area contributed by atoms with Crippen molar-refractivity contribution in [2.45, 2.75) is 0 Å². The number of rotatable bonds is 2. The van der Waals surface area contributed by atoms with E-state index in [0.717, 1.165) is 0 Å². The molecule has 0 radical (unpaired) electrons. The van der Waals surface area contributed by atoms with Crippen LogP contribution < -0.4 is 0 Å². The summed E-state index contributed by atoms with van der Waals surface area (Å²) in [5.41, 5.74) is 0.592. The Hall–Kier alpha value is -1.00. The highest BCUT2D eigenvalue weighted by atomic mass is 32.1. The summed E-state index contributed by atoms with van der Waals surface area (Å²) >= 11 is 8.53. The van der Waals surface area contributed by atoms with E-state index >= 15 is 0 Å². The molecule has 1 aromatic carbocycles. The number of benzene rings is 1. The second-order valence-electron chi connectivity index (χ2n) is 2.41. The van der Waals surface area contributed by atoms with E-state index in [0.29, 0.717) is 9.76 Å². The van der Waals surface area contributed by atoms with Crippen LogP contribution in [0.25, 0.3) is 5.76 Å². The van der Waals surface area contributed by atoms with Crippen LogP contribution >= 0.6 is 24.8 Å². The normalized spacial score (nSPS) is 11.3. The van der Waals surface area contributed by atoms with Gasteiger partial charge in [-0.05, 0) is 24.3 Å². The number of aliphatic hydroxyl groups excluding tert-OH is 1. The van der Waals surface area contributed by atoms with Crippen LogP contribution in [-0.4, -0.2) is 14.4 Å². The van der Waals surface area contributed by atoms with E-state index in [9.17, 15) is 5.11 Å². The highest BCUT2D eigenvalue weighted by Crippen LogP contribution is 2.15. The molecular weight excluding hydrogens is 204 g/mol. The average molecular weight is 212 g/mol. The summed E-state index contributed by atoms with van der Waals surface area (Å²) in [6.07, 6.45) is 1.37. The van der Waals surface area contributed by atoms with Crippen molar-refractivity contribution in [2.75, 3.05) is 0 Å². The maximum atomic E-state index is 9.42. The summed E-state index contributed by atoms with van der Waals surface area (Å²) < 4.78 is 0.311. The summed E-state index contributed by atoms with van der Waals surface area (Å²) in [5.74, 6) is 0.199. The van der Waals surface area contributed by atoms with Crippen LogP contribution in [0, 0.1) is 0 Å². The van der Waals surface area contributed by atoms with Crippen LogP contribution in [-0.2, 0) is 0 Å². The molecule has 0 bridgehead atoms. The molecule has 68 valence electrons. The molecule has 2 nitrogen and oxygen atoms in total. The fourth-order valence-electron chi connectivity index (χ4n) is 0.832. The van der Waals surface area contributed by atoms with Crippen molar-refractivity contribution in [2.24, 2.45) is 0 Å². The first-order valence-corrected chi connectivity index (χ1v) is 4.38. The molecule has 0 saturated heterocycles. The summed E-state index contributed by atoms with van der Waals surface area (Å²) in [7, 11) is 0. The molecule has 0 aromatic heterocycles. The first-order chi connectivity index (χ1) is 6.09. The SMILES string of the molecule is O/C(=C\C(=S)S)c1ccc(O)cc1. The van der Waals surface area contributed by atoms with Crippen molar-refractivity contribution in [3.63, 3.8) is 0 Å². The number of aromatic hydroxyl groups is 1. The molecular formula is C9H8O2S2. The summed E-state index contributed by atoms with van der Waals surface area (Å²) in [6.45, 7) is 0. The minimum atomic E-state index is 0.0417. The van der Waals surface area contributed by atoms with E-state index in [-0.39, 0.29) is 11.5 Å². The van der Waals surface area contributed by atoms with Crippen molar-refractivity contribution < 1.29 is 10.2 Å². The third kappa shape index (κ3) is 3.08. The average Bonchev–Trinajstić information content (AvgIpc) is 2.04. The Balaban J connectivity index is 2.96. The van der Waals surface area contributed by atoms with Gasteiger partial charge in [-0.3, -0.25) is 0 Å². The highest BCUT2D eigenvalue weighted by Gasteiger charge is 1.98. The lowest BCUT2D eigenvalue weighted by molar-refractivity contribution is 0.474. The van der Waals surface area contributed by atoms with Gasteiger partial charge in [-0.2, -0.15) is 0 Å². The number of hydrogen-bond donors (Lipinski definition) is 3. The van der Waals surface area contributed by atoms with E-state index in [1.165, 1.54) is 18.2 Å². The van der Waals surface area contributed by atoms with Crippen molar-refractivity contribution in [3.05, 3.63) is 35.9 Å². The number of hydrogen-bond acceptors (Lipinski definition) is 3. The molecule has 2 N–H and O–H groups in total. The van der Waals surface area contributed by atoms with Gasteiger partial charge in [-0.1, -0.05) is 12.2 Å². The Bertz CT molecular complexity index is 341. The molecule has 0 saturated carbocycles. The lowest BCUT2D eigenvalue weighted by Crippen LogP contribution is -1.84. The maximum absolute atomic E-state index is 9.42. The Labute approximate surface area is 86.9 Å². The molecule has 0 unspecified atom stereocenters. The molecule has 13 heavy (non-hydrogen) atoms. The predicted octanol–water partition coefficient (Wildman–Crippen LogP) is 2.55. The van der Waals surface area contributed by atoms with Crippen molar-refractivity contribution in [1.29, 1.82) is 0 Å². The first-order valence-electron chi connectivity index (χ1n) is 3.52. The van der Waals surface area contributed by atoms with Gasteiger partial charge in [0.25, 0.3) is 0 Å². The van der Waals surface area contributed by atoms with Crippen LogP contribution in [0.15, 0.2) is 30.3 Å². The van der Waals surface area contributed by atoms with Crippen LogP contribution in [0.3, 0.4) is 0 Å². The molecule has 0 atom stereocenters. The highest BCUT2D eigenvalue weighted by molar-refractivity contribution is 8.11. The van der Waals surface area contributed by atoms with Gasteiger partial charge in [-0.25, -0.2) is 0 Å². The second kappa shape index (κ2) is 4.30. The Morgan fingerprint density at radius 1 is 1.31 bits per heavy atom. The molecule has 0 aliphatic carbocycles. The molecule has 4 heteroatoms. The number of phenols is 1. The zero-order valence-electron chi connectivity index (χ0n) is 6.64. The Morgan fingerprint density at radius 3 is 2.31 bits per heavy atom. The smallest absolute Gasteiger partial charge is 0.124 e. The number of thiocarbonyl (C=S) groups is 1. The van der Waals surface area contributed by atoms with E-state index < -0.39 is 0 Å². The van der Waals surface area contributed by atoms with Crippen LogP contribution in [0.1, 0.15) is 5.56 Å². The van der Waals surface area contributed by atoms with E-state index in [1.807, 2.05) is 0 Å². The van der Waals surface area contributed by atoms with E-state index in [2.05, 4.69) is 24.8 Å².